The van der Waals surface area contributed by atoms with Crippen molar-refractivity contribution in [3.63, 3.8) is 0 Å². The summed E-state index contributed by atoms with van der Waals surface area (Å²) in [5.41, 5.74) is 1.79. The van der Waals surface area contributed by atoms with Gasteiger partial charge in [-0.15, -0.1) is 0 Å². The Labute approximate surface area is 94.7 Å². The summed E-state index contributed by atoms with van der Waals surface area (Å²) in [5, 5.41) is 3.69. The molecule has 1 rings (SSSR count). The molecule has 2 nitrogen and oxygen atoms in total. The summed E-state index contributed by atoms with van der Waals surface area (Å²) in [6.45, 7) is 13.6. The first-order valence-electron chi connectivity index (χ1n) is 6.22. The Hall–Kier alpha value is -0.340. The smallest absolute Gasteiger partial charge is 0.0304 e. The van der Waals surface area contributed by atoms with Crippen molar-refractivity contribution in [1.29, 1.82) is 0 Å². The fourth-order valence-corrected chi connectivity index (χ4v) is 2.23. The van der Waals surface area contributed by atoms with Gasteiger partial charge >= 0.3 is 0 Å². The molecule has 0 radical (unpaired) electrons. The summed E-state index contributed by atoms with van der Waals surface area (Å²) in [7, 11) is 0. The Morgan fingerprint density at radius 2 is 2.00 bits per heavy atom. The molecule has 1 aliphatic heterocycles. The summed E-state index contributed by atoms with van der Waals surface area (Å²) < 4.78 is 0. The van der Waals surface area contributed by atoms with Crippen LogP contribution >= 0.6 is 0 Å². The number of hydrogen-bond donors (Lipinski definition) is 1. The highest BCUT2D eigenvalue weighted by atomic mass is 15.2. The molecular formula is C13H26N2. The first kappa shape index (κ1) is 12.7. The molecule has 0 spiro atoms. The second-order valence-electron chi connectivity index (χ2n) is 4.93. The second kappa shape index (κ2) is 5.66. The Morgan fingerprint density at radius 1 is 1.33 bits per heavy atom. The standard InChI is InChI=1S/C13H26N2/c1-5-13(6-2)11-15(10-8-14-13)9-7-12(3)4/h7,14H,5-6,8-11H2,1-4H3. The fraction of sp³-hybridized carbons (Fsp3) is 0.846. The van der Waals surface area contributed by atoms with Crippen LogP contribution in [0.5, 0.6) is 0 Å². The lowest BCUT2D eigenvalue weighted by Gasteiger charge is -2.42. The highest BCUT2D eigenvalue weighted by molar-refractivity contribution is 4.98. The Bertz CT molecular complexity index is 213. The van der Waals surface area contributed by atoms with E-state index in [1.165, 1.54) is 31.5 Å². The van der Waals surface area contributed by atoms with Crippen LogP contribution in [0.3, 0.4) is 0 Å². The Balaban J connectivity index is 2.51. The number of allylic oxidation sites excluding steroid dienone is 1. The minimum Gasteiger partial charge on any atom is -0.309 e. The van der Waals surface area contributed by atoms with Crippen LogP contribution in [-0.4, -0.2) is 36.6 Å². The molecule has 1 fully saturated rings. The maximum Gasteiger partial charge on any atom is 0.0304 e. The molecule has 0 aromatic heterocycles. The second-order valence-corrected chi connectivity index (χ2v) is 4.93. The van der Waals surface area contributed by atoms with E-state index in [0.717, 1.165) is 13.1 Å². The van der Waals surface area contributed by atoms with E-state index in [2.05, 4.69) is 44.0 Å². The SMILES string of the molecule is CCC1(CC)CN(CC=C(C)C)CCN1. The van der Waals surface area contributed by atoms with Gasteiger partial charge in [-0.25, -0.2) is 0 Å². The van der Waals surface area contributed by atoms with Crippen LogP contribution in [0.2, 0.25) is 0 Å². The van der Waals surface area contributed by atoms with Crippen LogP contribution in [0, 0.1) is 0 Å². The third kappa shape index (κ3) is 3.62. The molecule has 0 aromatic rings. The molecule has 0 aromatic carbocycles. The summed E-state index contributed by atoms with van der Waals surface area (Å²) in [6, 6.07) is 0. The van der Waals surface area contributed by atoms with E-state index in [4.69, 9.17) is 0 Å². The molecule has 0 unspecified atom stereocenters. The minimum absolute atomic E-state index is 0.369. The highest BCUT2D eigenvalue weighted by Gasteiger charge is 2.30. The van der Waals surface area contributed by atoms with E-state index in [1.54, 1.807) is 0 Å². The molecule has 88 valence electrons. The predicted molar refractivity (Wildman–Crippen MR) is 67.2 cm³/mol. The van der Waals surface area contributed by atoms with Gasteiger partial charge in [0.25, 0.3) is 0 Å². The van der Waals surface area contributed by atoms with Crippen LogP contribution in [0.15, 0.2) is 11.6 Å². The first-order valence-corrected chi connectivity index (χ1v) is 6.22. The molecule has 1 N–H and O–H groups in total. The lowest BCUT2D eigenvalue weighted by molar-refractivity contribution is 0.135. The molecule has 0 saturated carbocycles. The zero-order valence-electron chi connectivity index (χ0n) is 10.8. The number of nitrogens with one attached hydrogen (secondary N) is 1. The predicted octanol–water partition coefficient (Wildman–Crippen LogP) is 2.42. The van der Waals surface area contributed by atoms with E-state index in [1.807, 2.05) is 0 Å². The van der Waals surface area contributed by atoms with E-state index < -0.39 is 0 Å². The zero-order chi connectivity index (χ0) is 11.3. The van der Waals surface area contributed by atoms with Crippen LogP contribution in [0.4, 0.5) is 0 Å². The zero-order valence-corrected chi connectivity index (χ0v) is 10.8. The van der Waals surface area contributed by atoms with Crippen LogP contribution in [0.25, 0.3) is 0 Å². The van der Waals surface area contributed by atoms with Crippen LogP contribution in [0.1, 0.15) is 40.5 Å². The van der Waals surface area contributed by atoms with Gasteiger partial charge in [-0.05, 0) is 26.7 Å². The van der Waals surface area contributed by atoms with E-state index in [-0.39, 0.29) is 0 Å². The molecule has 2 heteroatoms. The van der Waals surface area contributed by atoms with Crippen molar-refractivity contribution in [2.24, 2.45) is 0 Å². The van der Waals surface area contributed by atoms with E-state index >= 15 is 0 Å². The third-order valence-corrected chi connectivity index (χ3v) is 3.57. The Morgan fingerprint density at radius 3 is 2.53 bits per heavy atom. The lowest BCUT2D eigenvalue weighted by Crippen LogP contribution is -2.59. The molecule has 1 heterocycles. The van der Waals surface area contributed by atoms with Crippen molar-refractivity contribution in [3.05, 3.63) is 11.6 Å². The van der Waals surface area contributed by atoms with E-state index in [9.17, 15) is 0 Å². The van der Waals surface area contributed by atoms with Gasteiger partial charge in [-0.1, -0.05) is 25.5 Å². The van der Waals surface area contributed by atoms with Gasteiger partial charge < -0.3 is 5.32 Å². The Kier molecular flexibility index (Phi) is 4.81. The van der Waals surface area contributed by atoms with Crippen molar-refractivity contribution in [2.75, 3.05) is 26.2 Å². The van der Waals surface area contributed by atoms with Crippen molar-refractivity contribution < 1.29 is 0 Å². The van der Waals surface area contributed by atoms with Crippen molar-refractivity contribution in [2.45, 2.75) is 46.1 Å². The van der Waals surface area contributed by atoms with Gasteiger partial charge in [0.1, 0.15) is 0 Å². The molecule has 0 amide bonds. The largest absolute Gasteiger partial charge is 0.309 e. The van der Waals surface area contributed by atoms with Crippen molar-refractivity contribution in [3.8, 4) is 0 Å². The molecule has 1 aliphatic rings. The average Bonchev–Trinajstić information content (AvgIpc) is 2.26. The van der Waals surface area contributed by atoms with Gasteiger partial charge in [-0.2, -0.15) is 0 Å². The quantitative estimate of drug-likeness (QED) is 0.717. The summed E-state index contributed by atoms with van der Waals surface area (Å²) in [6.07, 6.45) is 4.80. The molecule has 0 aliphatic carbocycles. The van der Waals surface area contributed by atoms with Gasteiger partial charge in [-0.3, -0.25) is 4.90 Å². The maximum absolute atomic E-state index is 3.69. The third-order valence-electron chi connectivity index (χ3n) is 3.57. The average molecular weight is 210 g/mol. The van der Waals surface area contributed by atoms with Crippen molar-refractivity contribution in [1.82, 2.24) is 10.2 Å². The van der Waals surface area contributed by atoms with Gasteiger partial charge in [0.15, 0.2) is 0 Å². The first-order chi connectivity index (χ1) is 7.12. The number of nitrogens with zero attached hydrogens (tertiary/aromatic N) is 1. The lowest BCUT2D eigenvalue weighted by atomic mass is 9.90. The minimum atomic E-state index is 0.369. The molecule has 1 saturated heterocycles. The molecule has 15 heavy (non-hydrogen) atoms. The maximum atomic E-state index is 3.69. The number of rotatable bonds is 4. The molecule has 0 bridgehead atoms. The van der Waals surface area contributed by atoms with Crippen LogP contribution < -0.4 is 5.32 Å². The van der Waals surface area contributed by atoms with Gasteiger partial charge in [0.2, 0.25) is 0 Å². The molecule has 0 atom stereocenters. The highest BCUT2D eigenvalue weighted by Crippen LogP contribution is 2.19. The van der Waals surface area contributed by atoms with E-state index in [0.29, 0.717) is 5.54 Å². The summed E-state index contributed by atoms with van der Waals surface area (Å²) in [4.78, 5) is 2.57. The molecular weight excluding hydrogens is 184 g/mol. The fourth-order valence-electron chi connectivity index (χ4n) is 2.23. The van der Waals surface area contributed by atoms with Gasteiger partial charge in [0.05, 0.1) is 0 Å². The number of hydrogen-bond acceptors (Lipinski definition) is 2. The summed E-state index contributed by atoms with van der Waals surface area (Å²) in [5.74, 6) is 0. The summed E-state index contributed by atoms with van der Waals surface area (Å²) >= 11 is 0. The normalized spacial score (nSPS) is 21.3. The van der Waals surface area contributed by atoms with Gasteiger partial charge in [0, 0.05) is 31.7 Å². The number of piperazine rings is 1. The van der Waals surface area contributed by atoms with Crippen LogP contribution in [-0.2, 0) is 0 Å². The monoisotopic (exact) mass is 210 g/mol. The topological polar surface area (TPSA) is 15.3 Å². The van der Waals surface area contributed by atoms with Crippen molar-refractivity contribution >= 4 is 0 Å².